The van der Waals surface area contributed by atoms with E-state index in [9.17, 15) is 13.6 Å². The molecule has 2 heterocycles. The first-order valence-corrected chi connectivity index (χ1v) is 16.7. The van der Waals surface area contributed by atoms with E-state index in [-0.39, 0.29) is 17.4 Å². The van der Waals surface area contributed by atoms with Gasteiger partial charge in [0, 0.05) is 65.4 Å². The largest absolute Gasteiger partial charge is 0.495 e. The Bertz CT molecular complexity index is 1520. The molecule has 0 aliphatic carbocycles. The fourth-order valence-electron chi connectivity index (χ4n) is 6.99. The minimum absolute atomic E-state index is 0.0625. The summed E-state index contributed by atoms with van der Waals surface area (Å²) >= 11 is 0. The molecular weight excluding hydrogens is 610 g/mol. The van der Waals surface area contributed by atoms with Crippen LogP contribution in [0, 0.1) is 11.6 Å². The number of ether oxygens (including phenoxy) is 2. The van der Waals surface area contributed by atoms with Crippen LogP contribution in [0.2, 0.25) is 0 Å². The van der Waals surface area contributed by atoms with Gasteiger partial charge in [-0.15, -0.1) is 0 Å². The first-order valence-electron chi connectivity index (χ1n) is 16.7. The normalized spacial score (nSPS) is 17.2. The fraction of sp³-hybridized carbons (Fsp3) is 0.359. The van der Waals surface area contributed by atoms with Gasteiger partial charge in [0.2, 0.25) is 0 Å². The molecule has 2 fully saturated rings. The van der Waals surface area contributed by atoms with Crippen LogP contribution in [-0.2, 0) is 4.79 Å². The van der Waals surface area contributed by atoms with Crippen molar-refractivity contribution in [1.82, 2.24) is 9.80 Å². The van der Waals surface area contributed by atoms with Gasteiger partial charge in [0.15, 0.2) is 0 Å². The number of nitrogens with zero attached hydrogens (tertiary/aromatic N) is 4. The smallest absolute Gasteiger partial charge is 0.150 e. The summed E-state index contributed by atoms with van der Waals surface area (Å²) in [4.78, 5) is 24.1. The van der Waals surface area contributed by atoms with Crippen LogP contribution in [0.3, 0.4) is 0 Å². The molecule has 0 N–H and O–H groups in total. The van der Waals surface area contributed by atoms with Gasteiger partial charge in [-0.2, -0.15) is 0 Å². The third kappa shape index (κ3) is 7.80. The maximum Gasteiger partial charge on any atom is 0.150 e. The molecule has 4 aromatic carbocycles. The number of anilines is 2. The highest BCUT2D eigenvalue weighted by Crippen LogP contribution is 2.33. The van der Waals surface area contributed by atoms with Crippen molar-refractivity contribution in [3.63, 3.8) is 0 Å². The van der Waals surface area contributed by atoms with E-state index in [2.05, 4.69) is 31.7 Å². The lowest BCUT2D eigenvalue weighted by molar-refractivity contribution is -0.123. The number of hydrogen-bond donors (Lipinski definition) is 0. The Morgan fingerprint density at radius 3 is 1.27 bits per heavy atom. The summed E-state index contributed by atoms with van der Waals surface area (Å²) in [6.45, 7) is 7.30. The van der Waals surface area contributed by atoms with Crippen molar-refractivity contribution in [3.8, 4) is 11.5 Å². The van der Waals surface area contributed by atoms with E-state index in [4.69, 9.17) is 9.47 Å². The molecule has 0 spiro atoms. The third-order valence-corrected chi connectivity index (χ3v) is 9.71. The van der Waals surface area contributed by atoms with E-state index in [1.54, 1.807) is 38.5 Å². The number of methoxy groups -OCH3 is 2. The maximum absolute atomic E-state index is 14.8. The van der Waals surface area contributed by atoms with Gasteiger partial charge in [-0.05, 0) is 59.7 Å². The SMILES string of the molecule is COc1ccccc1N1CCN(CC(C(=O)C(CN2CCN(c3ccccc3OC)CC2)c2ccc(F)cc2)c2ccc(F)cc2)CC1. The number of benzene rings is 4. The van der Waals surface area contributed by atoms with E-state index < -0.39 is 11.8 Å². The number of halogens is 2. The summed E-state index contributed by atoms with van der Waals surface area (Å²) in [5.74, 6) is 0.123. The van der Waals surface area contributed by atoms with Gasteiger partial charge >= 0.3 is 0 Å². The van der Waals surface area contributed by atoms with Crippen molar-refractivity contribution >= 4 is 17.2 Å². The maximum atomic E-state index is 14.8. The van der Waals surface area contributed by atoms with E-state index in [0.29, 0.717) is 13.1 Å². The van der Waals surface area contributed by atoms with Gasteiger partial charge in [-0.1, -0.05) is 48.5 Å². The molecule has 6 rings (SSSR count). The molecule has 2 saturated heterocycles. The minimum atomic E-state index is -0.478. The Balaban J connectivity index is 1.20. The first kappa shape index (κ1) is 33.4. The Morgan fingerprint density at radius 1 is 0.562 bits per heavy atom. The molecule has 0 radical (unpaired) electrons. The van der Waals surface area contributed by atoms with Crippen LogP contribution in [-0.4, -0.2) is 95.3 Å². The molecule has 7 nitrogen and oxygen atoms in total. The molecule has 252 valence electrons. The second-order valence-corrected chi connectivity index (χ2v) is 12.5. The predicted molar refractivity (Wildman–Crippen MR) is 187 cm³/mol. The van der Waals surface area contributed by atoms with E-state index >= 15 is 0 Å². The van der Waals surface area contributed by atoms with Crippen LogP contribution in [0.1, 0.15) is 23.0 Å². The summed E-state index contributed by atoms with van der Waals surface area (Å²) in [6, 6.07) is 28.7. The molecule has 0 amide bonds. The lowest BCUT2D eigenvalue weighted by atomic mass is 9.82. The fourth-order valence-corrected chi connectivity index (χ4v) is 6.99. The number of rotatable bonds is 12. The number of ketones is 1. The van der Waals surface area contributed by atoms with E-state index in [0.717, 1.165) is 86.4 Å². The molecule has 4 aromatic rings. The lowest BCUT2D eigenvalue weighted by Gasteiger charge is -2.39. The van der Waals surface area contributed by atoms with Crippen molar-refractivity contribution in [3.05, 3.63) is 120 Å². The first-order chi connectivity index (χ1) is 23.4. The molecule has 2 atom stereocenters. The molecule has 2 unspecified atom stereocenters. The Labute approximate surface area is 282 Å². The molecule has 0 saturated carbocycles. The van der Waals surface area contributed by atoms with Crippen molar-refractivity contribution < 1.29 is 23.0 Å². The quantitative estimate of drug-likeness (QED) is 0.184. The summed E-state index contributed by atoms with van der Waals surface area (Å²) in [5.41, 5.74) is 3.71. The van der Waals surface area contributed by atoms with Gasteiger partial charge in [0.25, 0.3) is 0 Å². The highest BCUT2D eigenvalue weighted by Gasteiger charge is 2.34. The summed E-state index contributed by atoms with van der Waals surface area (Å²) in [6.07, 6.45) is 0. The van der Waals surface area contributed by atoms with Gasteiger partial charge in [0.05, 0.1) is 37.4 Å². The second kappa shape index (κ2) is 15.6. The molecule has 0 aromatic heterocycles. The van der Waals surface area contributed by atoms with Crippen LogP contribution in [0.25, 0.3) is 0 Å². The number of Topliss-reactive ketones (excluding diaryl/α,β-unsaturated/α-hetero) is 1. The summed E-state index contributed by atoms with van der Waals surface area (Å²) < 4.78 is 39.4. The zero-order valence-electron chi connectivity index (χ0n) is 27.7. The van der Waals surface area contributed by atoms with E-state index in [1.165, 1.54) is 24.3 Å². The highest BCUT2D eigenvalue weighted by molar-refractivity contribution is 5.92. The van der Waals surface area contributed by atoms with Gasteiger partial charge in [-0.25, -0.2) is 8.78 Å². The number of para-hydroxylation sites is 4. The lowest BCUT2D eigenvalue weighted by Crippen LogP contribution is -2.50. The Hall–Kier alpha value is -4.47. The van der Waals surface area contributed by atoms with Crippen LogP contribution >= 0.6 is 0 Å². The van der Waals surface area contributed by atoms with Crippen molar-refractivity contribution in [2.45, 2.75) is 11.8 Å². The molecule has 2 aliphatic heterocycles. The molecule has 9 heteroatoms. The summed E-state index contributed by atoms with van der Waals surface area (Å²) in [5, 5.41) is 0. The Kier molecular flexibility index (Phi) is 10.9. The van der Waals surface area contributed by atoms with Gasteiger partial charge < -0.3 is 19.3 Å². The average molecular weight is 655 g/mol. The zero-order chi connectivity index (χ0) is 33.5. The Morgan fingerprint density at radius 2 is 0.917 bits per heavy atom. The second-order valence-electron chi connectivity index (χ2n) is 12.5. The molecular formula is C39H44F2N4O3. The third-order valence-electron chi connectivity index (χ3n) is 9.71. The van der Waals surface area contributed by atoms with Gasteiger partial charge in [0.1, 0.15) is 28.9 Å². The summed E-state index contributed by atoms with van der Waals surface area (Å²) in [7, 11) is 3.37. The van der Waals surface area contributed by atoms with Crippen molar-refractivity contribution in [1.29, 1.82) is 0 Å². The number of carbonyl (C=O) groups is 1. The van der Waals surface area contributed by atoms with E-state index in [1.807, 2.05) is 36.4 Å². The van der Waals surface area contributed by atoms with Crippen LogP contribution in [0.4, 0.5) is 20.2 Å². The number of carbonyl (C=O) groups excluding carboxylic acids is 1. The molecule has 48 heavy (non-hydrogen) atoms. The predicted octanol–water partition coefficient (Wildman–Crippen LogP) is 6.06. The van der Waals surface area contributed by atoms with Crippen molar-refractivity contribution in [2.24, 2.45) is 0 Å². The standard InChI is InChI=1S/C39H44F2N4O3/c1-47-37-9-5-3-7-35(37)44-23-19-42(20-24-44)27-33(29-11-15-31(40)16-12-29)39(46)34(30-13-17-32(41)18-14-30)28-43-21-25-45(26-22-43)36-8-4-6-10-38(36)48-2/h3-18,33-34H,19-28H2,1-2H3. The highest BCUT2D eigenvalue weighted by atomic mass is 19.1. The topological polar surface area (TPSA) is 48.5 Å². The van der Waals surface area contributed by atoms with Gasteiger partial charge in [-0.3, -0.25) is 14.6 Å². The minimum Gasteiger partial charge on any atom is -0.495 e. The van der Waals surface area contributed by atoms with Crippen LogP contribution < -0.4 is 19.3 Å². The van der Waals surface area contributed by atoms with Crippen LogP contribution in [0.5, 0.6) is 11.5 Å². The number of hydrogen-bond acceptors (Lipinski definition) is 7. The molecule has 0 bridgehead atoms. The average Bonchev–Trinajstić information content (AvgIpc) is 3.14. The van der Waals surface area contributed by atoms with Crippen LogP contribution in [0.15, 0.2) is 97.1 Å². The monoisotopic (exact) mass is 654 g/mol. The zero-order valence-corrected chi connectivity index (χ0v) is 27.7. The number of piperazine rings is 2. The van der Waals surface area contributed by atoms with Crippen molar-refractivity contribution in [2.75, 3.05) is 89.5 Å². The molecule has 2 aliphatic rings.